The molecule has 0 saturated heterocycles. The summed E-state index contributed by atoms with van der Waals surface area (Å²) in [5, 5.41) is 14.2. The van der Waals surface area contributed by atoms with E-state index in [0.29, 0.717) is 33.9 Å². The Morgan fingerprint density at radius 1 is 1.08 bits per heavy atom. The molecule has 7 heteroatoms. The van der Waals surface area contributed by atoms with Crippen LogP contribution in [0.5, 0.6) is 0 Å². The first-order valence-corrected chi connectivity index (χ1v) is 7.40. The molecule has 124 valence electrons. The largest absolute Gasteiger partial charge is 0.396 e. The van der Waals surface area contributed by atoms with Crippen molar-refractivity contribution in [3.8, 4) is 11.1 Å². The summed E-state index contributed by atoms with van der Waals surface area (Å²) in [6, 6.07) is 14.8. The van der Waals surface area contributed by atoms with Crippen LogP contribution in [-0.4, -0.2) is 16.2 Å². The number of carbonyl (C=O) groups excluding carboxylic acids is 1. The van der Waals surface area contributed by atoms with Crippen molar-refractivity contribution in [1.82, 2.24) is 4.98 Å². The van der Waals surface area contributed by atoms with E-state index in [2.05, 4.69) is 10.3 Å². The van der Waals surface area contributed by atoms with Crippen LogP contribution >= 0.6 is 0 Å². The Bertz CT molecular complexity index is 957. The van der Waals surface area contributed by atoms with Crippen LogP contribution in [0.3, 0.4) is 0 Å². The highest BCUT2D eigenvalue weighted by Crippen LogP contribution is 2.35. The molecule has 0 atom stereocenters. The number of anilines is 3. The van der Waals surface area contributed by atoms with Crippen LogP contribution < -0.4 is 11.1 Å². The highest BCUT2D eigenvalue weighted by molar-refractivity contribution is 5.93. The monoisotopic (exact) mass is 334 g/mol. The molecule has 1 aromatic heterocycles. The lowest BCUT2D eigenvalue weighted by atomic mass is 9.98. The Morgan fingerprint density at radius 3 is 2.60 bits per heavy atom. The minimum Gasteiger partial charge on any atom is -0.396 e. The summed E-state index contributed by atoms with van der Waals surface area (Å²) in [6.07, 6.45) is 2.31. The number of non-ortho nitro benzene ring substituents is 1. The van der Waals surface area contributed by atoms with Crippen molar-refractivity contribution < 1.29 is 9.72 Å². The highest BCUT2D eigenvalue weighted by Gasteiger charge is 2.15. The molecule has 1 heterocycles. The molecule has 0 spiro atoms. The maximum Gasteiger partial charge on any atom is 0.271 e. The number of nitrogen functional groups attached to an aromatic ring is 1. The Balaban J connectivity index is 2.17. The highest BCUT2D eigenvalue weighted by atomic mass is 16.6. The van der Waals surface area contributed by atoms with Crippen molar-refractivity contribution in [3.63, 3.8) is 0 Å². The third-order valence-electron chi connectivity index (χ3n) is 3.68. The SMILES string of the molecule is Nc1cccnc1Nc1cc([N+](=O)[O-])ccc1-c1ccccc1C=O. The van der Waals surface area contributed by atoms with E-state index in [1.807, 2.05) is 0 Å². The lowest BCUT2D eigenvalue weighted by Gasteiger charge is -2.14. The lowest BCUT2D eigenvalue weighted by Crippen LogP contribution is -2.01. The summed E-state index contributed by atoms with van der Waals surface area (Å²) in [5.74, 6) is 0.382. The zero-order valence-corrected chi connectivity index (χ0v) is 13.0. The molecule has 0 saturated carbocycles. The first-order valence-electron chi connectivity index (χ1n) is 7.40. The summed E-state index contributed by atoms with van der Waals surface area (Å²) in [7, 11) is 0. The van der Waals surface area contributed by atoms with Gasteiger partial charge in [0.2, 0.25) is 0 Å². The van der Waals surface area contributed by atoms with Crippen molar-refractivity contribution in [2.45, 2.75) is 0 Å². The van der Waals surface area contributed by atoms with Gasteiger partial charge in [0, 0.05) is 29.5 Å². The van der Waals surface area contributed by atoms with E-state index < -0.39 is 4.92 Å². The maximum atomic E-state index is 11.3. The Morgan fingerprint density at radius 2 is 1.88 bits per heavy atom. The number of aromatic nitrogens is 1. The molecule has 3 rings (SSSR count). The van der Waals surface area contributed by atoms with Gasteiger partial charge in [-0.3, -0.25) is 14.9 Å². The molecule has 0 aliphatic carbocycles. The number of nitro benzene ring substituents is 1. The molecular weight excluding hydrogens is 320 g/mol. The molecule has 25 heavy (non-hydrogen) atoms. The van der Waals surface area contributed by atoms with Gasteiger partial charge in [-0.05, 0) is 23.8 Å². The number of hydrogen-bond donors (Lipinski definition) is 2. The van der Waals surface area contributed by atoms with Crippen LogP contribution in [0, 0.1) is 10.1 Å². The van der Waals surface area contributed by atoms with Gasteiger partial charge in [0.05, 0.1) is 16.3 Å². The van der Waals surface area contributed by atoms with E-state index in [0.717, 1.165) is 6.29 Å². The number of carbonyl (C=O) groups is 1. The topological polar surface area (TPSA) is 111 Å². The Kier molecular flexibility index (Phi) is 4.38. The molecule has 3 aromatic rings. The van der Waals surface area contributed by atoms with Crippen LogP contribution in [0.2, 0.25) is 0 Å². The first kappa shape index (κ1) is 16.1. The lowest BCUT2D eigenvalue weighted by molar-refractivity contribution is -0.384. The number of nitrogens with zero attached hydrogens (tertiary/aromatic N) is 2. The van der Waals surface area contributed by atoms with Crippen LogP contribution in [-0.2, 0) is 0 Å². The molecule has 3 N–H and O–H groups in total. The molecule has 2 aromatic carbocycles. The number of hydrogen-bond acceptors (Lipinski definition) is 6. The van der Waals surface area contributed by atoms with Crippen molar-refractivity contribution in [3.05, 3.63) is 76.5 Å². The molecule has 0 fully saturated rings. The standard InChI is InChI=1S/C18H14N4O3/c19-16-6-3-9-20-18(16)21-17-10-13(22(24)25)7-8-15(17)14-5-2-1-4-12(14)11-23/h1-11H,19H2,(H,20,21). The second-order valence-electron chi connectivity index (χ2n) is 5.26. The maximum absolute atomic E-state index is 11.3. The number of benzene rings is 2. The number of nitrogens with one attached hydrogen (secondary N) is 1. The molecule has 0 aliphatic heterocycles. The average Bonchev–Trinajstić information content (AvgIpc) is 2.63. The van der Waals surface area contributed by atoms with E-state index in [4.69, 9.17) is 5.73 Å². The third-order valence-corrected chi connectivity index (χ3v) is 3.68. The van der Waals surface area contributed by atoms with Gasteiger partial charge in [0.15, 0.2) is 12.1 Å². The summed E-state index contributed by atoms with van der Waals surface area (Å²) in [6.45, 7) is 0. The Hall–Kier alpha value is -3.74. The molecule has 7 nitrogen and oxygen atoms in total. The second-order valence-corrected chi connectivity index (χ2v) is 5.26. The number of aldehydes is 1. The zero-order valence-electron chi connectivity index (χ0n) is 13.0. The first-order chi connectivity index (χ1) is 12.1. The summed E-state index contributed by atoms with van der Waals surface area (Å²) in [4.78, 5) is 26.1. The fourth-order valence-corrected chi connectivity index (χ4v) is 2.48. The Labute approximate surface area is 143 Å². The second kappa shape index (κ2) is 6.79. The van der Waals surface area contributed by atoms with Gasteiger partial charge in [-0.15, -0.1) is 0 Å². The number of nitrogens with two attached hydrogens (primary N) is 1. The number of nitro groups is 1. The minimum absolute atomic E-state index is 0.0793. The fraction of sp³-hybridized carbons (Fsp3) is 0. The van der Waals surface area contributed by atoms with Gasteiger partial charge < -0.3 is 11.1 Å². The molecule has 0 radical (unpaired) electrons. The van der Waals surface area contributed by atoms with Gasteiger partial charge in [-0.1, -0.05) is 24.3 Å². The van der Waals surface area contributed by atoms with Gasteiger partial charge >= 0.3 is 0 Å². The van der Waals surface area contributed by atoms with Crippen molar-refractivity contribution in [1.29, 1.82) is 0 Å². The van der Waals surface area contributed by atoms with E-state index in [-0.39, 0.29) is 5.69 Å². The van der Waals surface area contributed by atoms with Crippen molar-refractivity contribution in [2.75, 3.05) is 11.1 Å². The van der Waals surface area contributed by atoms with E-state index >= 15 is 0 Å². The van der Waals surface area contributed by atoms with E-state index in [1.165, 1.54) is 12.1 Å². The van der Waals surface area contributed by atoms with E-state index in [9.17, 15) is 14.9 Å². The normalized spacial score (nSPS) is 10.2. The molecule has 0 aliphatic rings. The van der Waals surface area contributed by atoms with Gasteiger partial charge in [-0.25, -0.2) is 4.98 Å². The van der Waals surface area contributed by atoms with Crippen LogP contribution in [0.25, 0.3) is 11.1 Å². The van der Waals surface area contributed by atoms with Gasteiger partial charge in [0.1, 0.15) is 0 Å². The number of pyridine rings is 1. The van der Waals surface area contributed by atoms with Gasteiger partial charge in [0.25, 0.3) is 5.69 Å². The predicted octanol–water partition coefficient (Wildman–Crippen LogP) is 3.80. The van der Waals surface area contributed by atoms with Crippen molar-refractivity contribution in [2.24, 2.45) is 0 Å². The molecule has 0 amide bonds. The van der Waals surface area contributed by atoms with Crippen molar-refractivity contribution >= 4 is 29.2 Å². The third kappa shape index (κ3) is 3.30. The summed E-state index contributed by atoms with van der Waals surface area (Å²) < 4.78 is 0. The van der Waals surface area contributed by atoms with Crippen LogP contribution in [0.4, 0.5) is 22.9 Å². The predicted molar refractivity (Wildman–Crippen MR) is 95.9 cm³/mol. The molecule has 0 unspecified atom stereocenters. The summed E-state index contributed by atoms with van der Waals surface area (Å²) >= 11 is 0. The molecule has 0 bridgehead atoms. The zero-order chi connectivity index (χ0) is 17.8. The number of rotatable bonds is 5. The quantitative estimate of drug-likeness (QED) is 0.417. The van der Waals surface area contributed by atoms with Crippen LogP contribution in [0.1, 0.15) is 10.4 Å². The van der Waals surface area contributed by atoms with Gasteiger partial charge in [-0.2, -0.15) is 0 Å². The van der Waals surface area contributed by atoms with E-state index in [1.54, 1.807) is 48.7 Å². The smallest absolute Gasteiger partial charge is 0.271 e. The fourth-order valence-electron chi connectivity index (χ4n) is 2.48. The summed E-state index contributed by atoms with van der Waals surface area (Å²) in [5.41, 5.74) is 8.44. The average molecular weight is 334 g/mol. The van der Waals surface area contributed by atoms with Crippen LogP contribution in [0.15, 0.2) is 60.8 Å². The molecular formula is C18H14N4O3. The minimum atomic E-state index is -0.484.